The minimum Gasteiger partial charge on any atom is -0.375 e. The van der Waals surface area contributed by atoms with E-state index in [9.17, 15) is 13.6 Å². The van der Waals surface area contributed by atoms with E-state index >= 15 is 0 Å². The molecule has 0 aliphatic heterocycles. The molecule has 82 valence electrons. The van der Waals surface area contributed by atoms with E-state index in [-0.39, 0.29) is 5.69 Å². The average Bonchev–Trinajstić information content (AvgIpc) is 2.19. The maximum absolute atomic E-state index is 13.3. The second-order valence-corrected chi connectivity index (χ2v) is 3.51. The van der Waals surface area contributed by atoms with Gasteiger partial charge in [-0.3, -0.25) is 0 Å². The summed E-state index contributed by atoms with van der Waals surface area (Å²) in [6, 6.07) is 2.69. The van der Waals surface area contributed by atoms with Crippen LogP contribution in [0, 0.1) is 11.6 Å². The number of aryl methyl sites for hydroxylation is 1. The monoisotopic (exact) mass is 213 g/mol. The highest BCUT2D eigenvalue weighted by Gasteiger charge is 2.11. The van der Waals surface area contributed by atoms with Crippen LogP contribution < -0.4 is 4.90 Å². The lowest BCUT2D eigenvalue weighted by Crippen LogP contribution is -2.12. The molecule has 0 unspecified atom stereocenters. The molecule has 0 atom stereocenters. The SMILES string of the molecule is CN(C)c1cc(CCC=O)cc(F)c1F. The summed E-state index contributed by atoms with van der Waals surface area (Å²) in [4.78, 5) is 11.7. The van der Waals surface area contributed by atoms with Gasteiger partial charge in [0.25, 0.3) is 0 Å². The molecule has 1 aromatic rings. The fraction of sp³-hybridized carbons (Fsp3) is 0.364. The summed E-state index contributed by atoms with van der Waals surface area (Å²) in [5, 5.41) is 0. The predicted octanol–water partition coefficient (Wildman–Crippen LogP) is 2.16. The summed E-state index contributed by atoms with van der Waals surface area (Å²) in [7, 11) is 3.28. The van der Waals surface area contributed by atoms with Gasteiger partial charge in [-0.15, -0.1) is 0 Å². The van der Waals surface area contributed by atoms with Crippen LogP contribution in [0.15, 0.2) is 12.1 Å². The van der Waals surface area contributed by atoms with E-state index < -0.39 is 11.6 Å². The molecule has 0 aromatic heterocycles. The summed E-state index contributed by atoms with van der Waals surface area (Å²) >= 11 is 0. The first kappa shape index (κ1) is 11.6. The Morgan fingerprint density at radius 2 is 2.00 bits per heavy atom. The Bertz CT molecular complexity index is 364. The van der Waals surface area contributed by atoms with Crippen molar-refractivity contribution in [2.45, 2.75) is 12.8 Å². The third-order valence-corrected chi connectivity index (χ3v) is 2.10. The second kappa shape index (κ2) is 4.87. The third kappa shape index (κ3) is 2.75. The van der Waals surface area contributed by atoms with Crippen LogP contribution in [0.1, 0.15) is 12.0 Å². The van der Waals surface area contributed by atoms with Crippen molar-refractivity contribution < 1.29 is 13.6 Å². The largest absolute Gasteiger partial charge is 0.375 e. The van der Waals surface area contributed by atoms with Crippen molar-refractivity contribution in [3.05, 3.63) is 29.3 Å². The maximum atomic E-state index is 13.3. The van der Waals surface area contributed by atoms with E-state index in [1.165, 1.54) is 4.90 Å². The van der Waals surface area contributed by atoms with Crippen molar-refractivity contribution in [2.24, 2.45) is 0 Å². The molecule has 15 heavy (non-hydrogen) atoms. The second-order valence-electron chi connectivity index (χ2n) is 3.51. The third-order valence-electron chi connectivity index (χ3n) is 2.10. The molecule has 0 heterocycles. The molecule has 1 rings (SSSR count). The summed E-state index contributed by atoms with van der Waals surface area (Å²) in [5.74, 6) is -1.73. The molecule has 0 aliphatic carbocycles. The molecule has 0 fully saturated rings. The van der Waals surface area contributed by atoms with Gasteiger partial charge in [-0.05, 0) is 24.1 Å². The zero-order valence-electron chi connectivity index (χ0n) is 8.76. The van der Waals surface area contributed by atoms with E-state index in [4.69, 9.17) is 0 Å². The molecule has 4 heteroatoms. The molecule has 2 nitrogen and oxygen atoms in total. The van der Waals surface area contributed by atoms with Crippen LogP contribution in [0.3, 0.4) is 0 Å². The van der Waals surface area contributed by atoms with Gasteiger partial charge in [-0.1, -0.05) is 0 Å². The normalized spacial score (nSPS) is 10.1. The first-order valence-electron chi connectivity index (χ1n) is 4.65. The highest BCUT2D eigenvalue weighted by molar-refractivity contribution is 5.52. The van der Waals surface area contributed by atoms with Crippen molar-refractivity contribution in [3.8, 4) is 0 Å². The van der Waals surface area contributed by atoms with Crippen molar-refractivity contribution >= 4 is 12.0 Å². The lowest BCUT2D eigenvalue weighted by molar-refractivity contribution is -0.107. The zero-order valence-corrected chi connectivity index (χ0v) is 8.76. The predicted molar refractivity (Wildman–Crippen MR) is 55.1 cm³/mol. The van der Waals surface area contributed by atoms with Crippen LogP contribution in [0.25, 0.3) is 0 Å². The Balaban J connectivity index is 3.05. The lowest BCUT2D eigenvalue weighted by atomic mass is 10.1. The van der Waals surface area contributed by atoms with Gasteiger partial charge in [0.15, 0.2) is 11.6 Å². The van der Waals surface area contributed by atoms with Crippen molar-refractivity contribution in [3.63, 3.8) is 0 Å². The van der Waals surface area contributed by atoms with E-state index in [0.717, 1.165) is 12.4 Å². The fourth-order valence-corrected chi connectivity index (χ4v) is 1.32. The summed E-state index contributed by atoms with van der Waals surface area (Å²) in [6.07, 6.45) is 1.51. The van der Waals surface area contributed by atoms with Gasteiger partial charge in [0.1, 0.15) is 6.29 Å². The minimum atomic E-state index is -0.873. The summed E-state index contributed by atoms with van der Waals surface area (Å²) in [6.45, 7) is 0. The van der Waals surface area contributed by atoms with Gasteiger partial charge in [-0.25, -0.2) is 8.78 Å². The van der Waals surface area contributed by atoms with Gasteiger partial charge in [0.2, 0.25) is 0 Å². The molecule has 0 bridgehead atoms. The van der Waals surface area contributed by atoms with Crippen molar-refractivity contribution in [1.82, 2.24) is 0 Å². The van der Waals surface area contributed by atoms with Crippen LogP contribution in [0.5, 0.6) is 0 Å². The molecular weight excluding hydrogens is 200 g/mol. The first-order chi connectivity index (χ1) is 7.06. The molecule has 0 amide bonds. The number of anilines is 1. The number of aldehydes is 1. The first-order valence-corrected chi connectivity index (χ1v) is 4.65. The average molecular weight is 213 g/mol. The number of carbonyl (C=O) groups is 1. The Hall–Kier alpha value is -1.45. The smallest absolute Gasteiger partial charge is 0.182 e. The highest BCUT2D eigenvalue weighted by Crippen LogP contribution is 2.22. The van der Waals surface area contributed by atoms with E-state index in [1.807, 2.05) is 0 Å². The Morgan fingerprint density at radius 1 is 1.33 bits per heavy atom. The van der Waals surface area contributed by atoms with Crippen LogP contribution in [-0.2, 0) is 11.2 Å². The van der Waals surface area contributed by atoms with Crippen LogP contribution >= 0.6 is 0 Å². The summed E-state index contributed by atoms with van der Waals surface area (Å²) in [5.41, 5.74) is 0.834. The molecule has 0 aliphatic rings. The number of nitrogens with zero attached hydrogens (tertiary/aromatic N) is 1. The van der Waals surface area contributed by atoms with Gasteiger partial charge < -0.3 is 9.69 Å². The minimum absolute atomic E-state index is 0.205. The fourth-order valence-electron chi connectivity index (χ4n) is 1.32. The zero-order chi connectivity index (χ0) is 11.4. The molecule has 0 N–H and O–H groups in total. The molecule has 0 spiro atoms. The number of rotatable bonds is 4. The van der Waals surface area contributed by atoms with E-state index in [0.29, 0.717) is 18.4 Å². The Labute approximate surface area is 87.5 Å². The number of carbonyl (C=O) groups excluding carboxylic acids is 1. The number of hydrogen-bond donors (Lipinski definition) is 0. The van der Waals surface area contributed by atoms with Crippen LogP contribution in [-0.4, -0.2) is 20.4 Å². The standard InChI is InChI=1S/C11H13F2NO/c1-14(2)10-7-8(4-3-5-15)6-9(12)11(10)13/h5-7H,3-4H2,1-2H3. The van der Waals surface area contributed by atoms with Crippen LogP contribution in [0.2, 0.25) is 0 Å². The van der Waals surface area contributed by atoms with Gasteiger partial charge in [0.05, 0.1) is 5.69 Å². The molecule has 1 aromatic carbocycles. The van der Waals surface area contributed by atoms with E-state index in [1.54, 1.807) is 20.2 Å². The molecule has 0 saturated heterocycles. The quantitative estimate of drug-likeness (QED) is 0.714. The van der Waals surface area contributed by atoms with Crippen molar-refractivity contribution in [2.75, 3.05) is 19.0 Å². The Morgan fingerprint density at radius 3 is 2.53 bits per heavy atom. The lowest BCUT2D eigenvalue weighted by Gasteiger charge is -2.15. The molecule has 0 saturated carbocycles. The Kier molecular flexibility index (Phi) is 3.77. The molecule has 0 radical (unpaired) electrons. The van der Waals surface area contributed by atoms with Crippen LogP contribution in [0.4, 0.5) is 14.5 Å². The van der Waals surface area contributed by atoms with Crippen molar-refractivity contribution in [1.29, 1.82) is 0 Å². The van der Waals surface area contributed by atoms with Gasteiger partial charge in [-0.2, -0.15) is 0 Å². The molecular formula is C11H13F2NO. The number of hydrogen-bond acceptors (Lipinski definition) is 2. The maximum Gasteiger partial charge on any atom is 0.182 e. The topological polar surface area (TPSA) is 20.3 Å². The van der Waals surface area contributed by atoms with Gasteiger partial charge >= 0.3 is 0 Å². The number of benzene rings is 1. The summed E-state index contributed by atoms with van der Waals surface area (Å²) < 4.78 is 26.4. The van der Waals surface area contributed by atoms with Gasteiger partial charge in [0, 0.05) is 20.5 Å². The van der Waals surface area contributed by atoms with E-state index in [2.05, 4.69) is 0 Å². The number of halogens is 2. The highest BCUT2D eigenvalue weighted by atomic mass is 19.2.